The van der Waals surface area contributed by atoms with Gasteiger partial charge in [0.25, 0.3) is 0 Å². The molecule has 2 atom stereocenters. The standard InChI is InChI=1S/C21H42N4O3/c1-5-26-19(9-12-24(3)4)16-23-21(22-2)25-13-10-18(11-14-25)28-17-20-8-6-7-15-27-20/h18-20H,5-17H2,1-4H3,(H,22,23). The zero-order chi connectivity index (χ0) is 20.2. The summed E-state index contributed by atoms with van der Waals surface area (Å²) in [6, 6.07) is 0. The van der Waals surface area contributed by atoms with Gasteiger partial charge in [-0.3, -0.25) is 4.99 Å². The molecule has 0 spiro atoms. The van der Waals surface area contributed by atoms with Crippen molar-refractivity contribution in [1.82, 2.24) is 15.1 Å². The summed E-state index contributed by atoms with van der Waals surface area (Å²) in [6.45, 7) is 8.22. The predicted molar refractivity (Wildman–Crippen MR) is 114 cm³/mol. The van der Waals surface area contributed by atoms with E-state index in [4.69, 9.17) is 14.2 Å². The zero-order valence-corrected chi connectivity index (χ0v) is 18.5. The number of aliphatic imine (C=N–C) groups is 1. The first-order valence-corrected chi connectivity index (χ1v) is 11.1. The van der Waals surface area contributed by atoms with Gasteiger partial charge < -0.3 is 29.3 Å². The lowest BCUT2D eigenvalue weighted by Gasteiger charge is -2.35. The van der Waals surface area contributed by atoms with Crippen molar-refractivity contribution in [3.8, 4) is 0 Å². The molecule has 7 nitrogen and oxygen atoms in total. The van der Waals surface area contributed by atoms with Crippen molar-refractivity contribution in [1.29, 1.82) is 0 Å². The molecule has 0 aliphatic carbocycles. The van der Waals surface area contributed by atoms with Gasteiger partial charge >= 0.3 is 0 Å². The maximum atomic E-state index is 6.13. The Hall–Kier alpha value is -0.890. The van der Waals surface area contributed by atoms with Gasteiger partial charge in [0, 0.05) is 46.4 Å². The van der Waals surface area contributed by atoms with Gasteiger partial charge in [-0.1, -0.05) is 0 Å². The molecule has 0 radical (unpaired) electrons. The highest BCUT2D eigenvalue weighted by molar-refractivity contribution is 5.80. The van der Waals surface area contributed by atoms with Gasteiger partial charge in [-0.15, -0.1) is 0 Å². The number of nitrogens with zero attached hydrogens (tertiary/aromatic N) is 3. The van der Waals surface area contributed by atoms with Crippen LogP contribution in [0.15, 0.2) is 4.99 Å². The summed E-state index contributed by atoms with van der Waals surface area (Å²) in [5.41, 5.74) is 0. The first-order chi connectivity index (χ1) is 13.6. The van der Waals surface area contributed by atoms with E-state index in [2.05, 4.69) is 41.1 Å². The highest BCUT2D eigenvalue weighted by Gasteiger charge is 2.24. The molecule has 28 heavy (non-hydrogen) atoms. The normalized spacial score (nSPS) is 23.2. The van der Waals surface area contributed by atoms with E-state index in [0.717, 1.165) is 77.6 Å². The van der Waals surface area contributed by atoms with Crippen LogP contribution in [0.25, 0.3) is 0 Å². The van der Waals surface area contributed by atoms with E-state index < -0.39 is 0 Å². The Bertz CT molecular complexity index is 433. The number of piperidine rings is 1. The third-order valence-electron chi connectivity index (χ3n) is 5.53. The van der Waals surface area contributed by atoms with Crippen molar-refractivity contribution in [3.63, 3.8) is 0 Å². The molecule has 2 saturated heterocycles. The van der Waals surface area contributed by atoms with Crippen LogP contribution in [-0.2, 0) is 14.2 Å². The third-order valence-corrected chi connectivity index (χ3v) is 5.53. The molecular formula is C21H42N4O3. The average molecular weight is 399 g/mol. The fourth-order valence-corrected chi connectivity index (χ4v) is 3.84. The Morgan fingerprint density at radius 2 is 2.04 bits per heavy atom. The SMILES string of the molecule is CCOC(CCN(C)C)CNC(=NC)N1CCC(OCC2CCCCO2)CC1. The van der Waals surface area contributed by atoms with Gasteiger partial charge in [-0.2, -0.15) is 0 Å². The van der Waals surface area contributed by atoms with Gasteiger partial charge in [0.05, 0.1) is 24.9 Å². The van der Waals surface area contributed by atoms with Gasteiger partial charge in [-0.05, 0) is 59.5 Å². The van der Waals surface area contributed by atoms with Gasteiger partial charge in [0.2, 0.25) is 0 Å². The number of likely N-dealkylation sites (tertiary alicyclic amines) is 1. The molecule has 2 fully saturated rings. The molecule has 0 bridgehead atoms. The van der Waals surface area contributed by atoms with Gasteiger partial charge in [0.1, 0.15) is 0 Å². The number of guanidine groups is 1. The lowest BCUT2D eigenvalue weighted by molar-refractivity contribution is -0.0721. The minimum Gasteiger partial charge on any atom is -0.377 e. The Labute approximate surface area is 171 Å². The Kier molecular flexibility index (Phi) is 11.2. The summed E-state index contributed by atoms with van der Waals surface area (Å²) in [4.78, 5) is 9.03. The van der Waals surface area contributed by atoms with Gasteiger partial charge in [-0.25, -0.2) is 0 Å². The molecule has 1 N–H and O–H groups in total. The molecule has 0 aromatic carbocycles. The Morgan fingerprint density at radius 3 is 2.64 bits per heavy atom. The Morgan fingerprint density at radius 1 is 1.25 bits per heavy atom. The number of rotatable bonds is 10. The fourth-order valence-electron chi connectivity index (χ4n) is 3.84. The van der Waals surface area contributed by atoms with Crippen LogP contribution >= 0.6 is 0 Å². The van der Waals surface area contributed by atoms with E-state index in [9.17, 15) is 0 Å². The molecule has 2 unspecified atom stereocenters. The number of hydrogen-bond acceptors (Lipinski definition) is 5. The summed E-state index contributed by atoms with van der Waals surface area (Å²) in [7, 11) is 6.06. The van der Waals surface area contributed by atoms with Gasteiger partial charge in [0.15, 0.2) is 5.96 Å². The first kappa shape index (κ1) is 23.4. The maximum absolute atomic E-state index is 6.13. The van der Waals surface area contributed by atoms with E-state index in [0.29, 0.717) is 12.2 Å². The summed E-state index contributed by atoms with van der Waals surface area (Å²) in [5.74, 6) is 0.976. The number of ether oxygens (including phenoxy) is 3. The third kappa shape index (κ3) is 8.64. The smallest absolute Gasteiger partial charge is 0.193 e. The highest BCUT2D eigenvalue weighted by atomic mass is 16.5. The minimum atomic E-state index is 0.209. The first-order valence-electron chi connectivity index (χ1n) is 11.1. The van der Waals surface area contributed by atoms with Crippen LogP contribution in [-0.4, -0.2) is 101 Å². The number of nitrogens with one attached hydrogen (secondary N) is 1. The van der Waals surface area contributed by atoms with Crippen molar-refractivity contribution < 1.29 is 14.2 Å². The molecule has 2 heterocycles. The average Bonchev–Trinajstić information content (AvgIpc) is 2.72. The van der Waals surface area contributed by atoms with Crippen molar-refractivity contribution in [2.24, 2.45) is 4.99 Å². The maximum Gasteiger partial charge on any atom is 0.193 e. The molecule has 7 heteroatoms. The topological polar surface area (TPSA) is 58.6 Å². The molecule has 2 aliphatic heterocycles. The molecule has 2 rings (SSSR count). The quantitative estimate of drug-likeness (QED) is 0.448. The Balaban J connectivity index is 1.68. The van der Waals surface area contributed by atoms with E-state index in [1.807, 2.05) is 7.05 Å². The van der Waals surface area contributed by atoms with Crippen molar-refractivity contribution >= 4 is 5.96 Å². The fraction of sp³-hybridized carbons (Fsp3) is 0.952. The van der Waals surface area contributed by atoms with Crippen molar-refractivity contribution in [2.75, 3.05) is 67.1 Å². The predicted octanol–water partition coefficient (Wildman–Crippen LogP) is 1.97. The van der Waals surface area contributed by atoms with Crippen LogP contribution in [0.3, 0.4) is 0 Å². The van der Waals surface area contributed by atoms with E-state index in [1.165, 1.54) is 12.8 Å². The zero-order valence-electron chi connectivity index (χ0n) is 18.5. The van der Waals surface area contributed by atoms with E-state index in [-0.39, 0.29) is 6.10 Å². The molecular weight excluding hydrogens is 356 g/mol. The lowest BCUT2D eigenvalue weighted by atomic mass is 10.1. The van der Waals surface area contributed by atoms with E-state index in [1.54, 1.807) is 0 Å². The van der Waals surface area contributed by atoms with Crippen LogP contribution in [0.1, 0.15) is 45.4 Å². The van der Waals surface area contributed by atoms with E-state index >= 15 is 0 Å². The second kappa shape index (κ2) is 13.4. The minimum absolute atomic E-state index is 0.209. The van der Waals surface area contributed by atoms with Crippen LogP contribution in [0.4, 0.5) is 0 Å². The van der Waals surface area contributed by atoms with Crippen molar-refractivity contribution in [2.45, 2.75) is 63.8 Å². The second-order valence-electron chi connectivity index (χ2n) is 8.11. The van der Waals surface area contributed by atoms with Crippen LogP contribution < -0.4 is 5.32 Å². The molecule has 0 amide bonds. The van der Waals surface area contributed by atoms with Crippen LogP contribution in [0.2, 0.25) is 0 Å². The second-order valence-corrected chi connectivity index (χ2v) is 8.11. The van der Waals surface area contributed by atoms with Crippen LogP contribution in [0.5, 0.6) is 0 Å². The summed E-state index contributed by atoms with van der Waals surface area (Å²) in [5, 5.41) is 3.52. The summed E-state index contributed by atoms with van der Waals surface area (Å²) < 4.78 is 17.8. The molecule has 0 saturated carbocycles. The summed E-state index contributed by atoms with van der Waals surface area (Å²) >= 11 is 0. The molecule has 2 aliphatic rings. The molecule has 0 aromatic rings. The number of hydrogen-bond donors (Lipinski definition) is 1. The molecule has 164 valence electrons. The monoisotopic (exact) mass is 398 g/mol. The largest absolute Gasteiger partial charge is 0.377 e. The summed E-state index contributed by atoms with van der Waals surface area (Å²) in [6.07, 6.45) is 7.57. The van der Waals surface area contributed by atoms with Crippen molar-refractivity contribution in [3.05, 3.63) is 0 Å². The molecule has 0 aromatic heterocycles. The van der Waals surface area contributed by atoms with Crippen LogP contribution in [0, 0.1) is 0 Å². The highest BCUT2D eigenvalue weighted by Crippen LogP contribution is 2.18. The lowest BCUT2D eigenvalue weighted by Crippen LogP contribution is -2.49.